The molecular formula is C29H26O7. The number of esters is 2. The van der Waals surface area contributed by atoms with E-state index in [1.54, 1.807) is 24.3 Å². The van der Waals surface area contributed by atoms with Crippen molar-refractivity contribution in [2.24, 2.45) is 0 Å². The Labute approximate surface area is 208 Å². The Morgan fingerprint density at radius 2 is 1.08 bits per heavy atom. The van der Waals surface area contributed by atoms with Crippen LogP contribution in [0.1, 0.15) is 37.4 Å². The molecule has 0 atom stereocenters. The average Bonchev–Trinajstić information content (AvgIpc) is 2.89. The summed E-state index contributed by atoms with van der Waals surface area (Å²) < 4.78 is 10.2. The quantitative estimate of drug-likeness (QED) is 0.308. The van der Waals surface area contributed by atoms with Crippen LogP contribution in [0.3, 0.4) is 0 Å². The van der Waals surface area contributed by atoms with Crippen molar-refractivity contribution in [1.82, 2.24) is 0 Å². The molecule has 4 rings (SSSR count). The minimum atomic E-state index is -0.520. The first kappa shape index (κ1) is 25.8. The largest absolute Gasteiger partial charge is 0.508 e. The van der Waals surface area contributed by atoms with Gasteiger partial charge < -0.3 is 24.8 Å². The maximum atomic E-state index is 11.7. The number of carbonyl (C=O) groups is 2. The number of phenolic OH excluding ortho intramolecular Hbond substituents is 3. The Morgan fingerprint density at radius 1 is 0.611 bits per heavy atom. The van der Waals surface area contributed by atoms with Gasteiger partial charge in [0, 0.05) is 0 Å². The van der Waals surface area contributed by atoms with Gasteiger partial charge >= 0.3 is 11.9 Å². The summed E-state index contributed by atoms with van der Waals surface area (Å²) in [5.41, 5.74) is 3.44. The van der Waals surface area contributed by atoms with Crippen LogP contribution in [-0.4, -0.2) is 27.3 Å². The molecule has 0 fully saturated rings. The van der Waals surface area contributed by atoms with Gasteiger partial charge in [-0.05, 0) is 66.6 Å². The van der Waals surface area contributed by atoms with Gasteiger partial charge in [0.05, 0.1) is 5.56 Å². The summed E-state index contributed by atoms with van der Waals surface area (Å²) in [7, 11) is 0. The summed E-state index contributed by atoms with van der Waals surface area (Å²) in [6.07, 6.45) is 0. The Hall–Kier alpha value is -4.78. The molecule has 7 heteroatoms. The third-order valence-corrected chi connectivity index (χ3v) is 5.02. The number of hydrogen-bond acceptors (Lipinski definition) is 7. The highest BCUT2D eigenvalue weighted by Gasteiger charge is 2.11. The zero-order valence-electron chi connectivity index (χ0n) is 19.6. The number of para-hydroxylation sites is 1. The molecule has 36 heavy (non-hydrogen) atoms. The van der Waals surface area contributed by atoms with E-state index in [0.717, 1.165) is 16.7 Å². The summed E-state index contributed by atoms with van der Waals surface area (Å²) in [5, 5.41) is 27.7. The fourth-order valence-electron chi connectivity index (χ4n) is 2.98. The van der Waals surface area contributed by atoms with Crippen LogP contribution in [0, 0.1) is 6.92 Å². The van der Waals surface area contributed by atoms with Crippen molar-refractivity contribution in [3.63, 3.8) is 0 Å². The number of aryl methyl sites for hydroxylation is 1. The summed E-state index contributed by atoms with van der Waals surface area (Å²) in [5.74, 6) is -0.767. The van der Waals surface area contributed by atoms with Crippen molar-refractivity contribution in [2.45, 2.75) is 20.1 Å². The molecule has 184 valence electrons. The molecule has 0 aliphatic rings. The fourth-order valence-corrected chi connectivity index (χ4v) is 2.98. The van der Waals surface area contributed by atoms with Crippen molar-refractivity contribution in [2.75, 3.05) is 0 Å². The van der Waals surface area contributed by atoms with E-state index in [1.165, 1.54) is 48.5 Å². The van der Waals surface area contributed by atoms with E-state index in [2.05, 4.69) is 0 Å². The predicted octanol–water partition coefficient (Wildman–Crippen LogP) is 5.51. The number of ether oxygens (including phenoxy) is 2. The Balaban J connectivity index is 0.000000201. The second kappa shape index (κ2) is 12.6. The SMILES string of the molecule is Cc1ccc(COC(=O)c2ccccc2O)cc1.O=C(OCc1ccc(O)cc1)c1ccc(O)cc1. The van der Waals surface area contributed by atoms with Crippen molar-refractivity contribution in [3.05, 3.63) is 125 Å². The molecular weight excluding hydrogens is 460 g/mol. The first-order chi connectivity index (χ1) is 17.3. The second-order valence-electron chi connectivity index (χ2n) is 7.87. The molecule has 0 unspecified atom stereocenters. The molecule has 0 saturated heterocycles. The van der Waals surface area contributed by atoms with E-state index < -0.39 is 11.9 Å². The van der Waals surface area contributed by atoms with E-state index in [0.29, 0.717) is 5.56 Å². The molecule has 7 nitrogen and oxygen atoms in total. The summed E-state index contributed by atoms with van der Waals surface area (Å²) in [4.78, 5) is 23.4. The number of benzene rings is 4. The van der Waals surface area contributed by atoms with Gasteiger partial charge in [-0.1, -0.05) is 54.1 Å². The zero-order chi connectivity index (χ0) is 25.9. The maximum absolute atomic E-state index is 11.7. The number of rotatable bonds is 6. The summed E-state index contributed by atoms with van der Waals surface area (Å²) >= 11 is 0. The Bertz CT molecular complexity index is 1280. The average molecular weight is 487 g/mol. The van der Waals surface area contributed by atoms with Crippen molar-refractivity contribution < 1.29 is 34.4 Å². The highest BCUT2D eigenvalue weighted by molar-refractivity contribution is 5.92. The van der Waals surface area contributed by atoms with Gasteiger partial charge in [-0.25, -0.2) is 9.59 Å². The molecule has 0 spiro atoms. The Kier molecular flexibility index (Phi) is 9.06. The van der Waals surface area contributed by atoms with E-state index in [1.807, 2.05) is 31.2 Å². The molecule has 0 aromatic heterocycles. The maximum Gasteiger partial charge on any atom is 0.342 e. The molecule has 0 amide bonds. The molecule has 3 N–H and O–H groups in total. The van der Waals surface area contributed by atoms with Crippen LogP contribution in [0.2, 0.25) is 0 Å². The van der Waals surface area contributed by atoms with Gasteiger partial charge in [0.25, 0.3) is 0 Å². The van der Waals surface area contributed by atoms with Crippen molar-refractivity contribution >= 4 is 11.9 Å². The topological polar surface area (TPSA) is 113 Å². The minimum Gasteiger partial charge on any atom is -0.508 e. The molecule has 0 heterocycles. The molecule has 4 aromatic carbocycles. The van der Waals surface area contributed by atoms with Crippen LogP contribution in [0.25, 0.3) is 0 Å². The molecule has 4 aromatic rings. The van der Waals surface area contributed by atoms with Gasteiger partial charge in [-0.3, -0.25) is 0 Å². The first-order valence-electron chi connectivity index (χ1n) is 11.1. The van der Waals surface area contributed by atoms with Gasteiger partial charge in [0.15, 0.2) is 0 Å². The summed E-state index contributed by atoms with van der Waals surface area (Å²) in [6.45, 7) is 2.34. The van der Waals surface area contributed by atoms with E-state index in [9.17, 15) is 14.7 Å². The molecule has 0 radical (unpaired) electrons. The highest BCUT2D eigenvalue weighted by Crippen LogP contribution is 2.17. The van der Waals surface area contributed by atoms with Crippen molar-refractivity contribution in [1.29, 1.82) is 0 Å². The number of carbonyl (C=O) groups excluding carboxylic acids is 2. The first-order valence-corrected chi connectivity index (χ1v) is 11.1. The van der Waals surface area contributed by atoms with Crippen LogP contribution < -0.4 is 0 Å². The highest BCUT2D eigenvalue weighted by atomic mass is 16.5. The molecule has 0 aliphatic carbocycles. The number of hydrogen-bond donors (Lipinski definition) is 3. The lowest BCUT2D eigenvalue weighted by Gasteiger charge is -2.06. The van der Waals surface area contributed by atoms with Crippen LogP contribution in [0.5, 0.6) is 17.2 Å². The van der Waals surface area contributed by atoms with Crippen molar-refractivity contribution in [3.8, 4) is 17.2 Å². The standard InChI is InChI=1S/C15H14O3.C14H12O4/c1-11-6-8-12(9-7-11)10-18-15(17)13-4-2-3-5-14(13)16;15-12-5-1-10(2-6-12)9-18-14(17)11-3-7-13(16)8-4-11/h2-9,16H,10H2,1H3;1-8,15-16H,9H2. The molecule has 0 aliphatic heterocycles. The van der Waals surface area contributed by atoms with Gasteiger partial charge in [0.1, 0.15) is 36.0 Å². The van der Waals surface area contributed by atoms with Gasteiger partial charge in [0.2, 0.25) is 0 Å². The normalized spacial score (nSPS) is 10.0. The third kappa shape index (κ3) is 7.92. The lowest BCUT2D eigenvalue weighted by molar-refractivity contribution is 0.0462. The van der Waals surface area contributed by atoms with Crippen LogP contribution in [0.15, 0.2) is 97.1 Å². The van der Waals surface area contributed by atoms with Gasteiger partial charge in [-0.2, -0.15) is 0 Å². The summed E-state index contributed by atoms with van der Waals surface area (Å²) in [6, 6.07) is 26.3. The smallest absolute Gasteiger partial charge is 0.342 e. The Morgan fingerprint density at radius 3 is 1.64 bits per heavy atom. The van der Waals surface area contributed by atoms with E-state index >= 15 is 0 Å². The molecule has 0 saturated carbocycles. The lowest BCUT2D eigenvalue weighted by Crippen LogP contribution is -2.05. The van der Waals surface area contributed by atoms with Gasteiger partial charge in [-0.15, -0.1) is 0 Å². The fraction of sp³-hybridized carbons (Fsp3) is 0.103. The minimum absolute atomic E-state index is 0.0635. The van der Waals surface area contributed by atoms with Crippen LogP contribution in [-0.2, 0) is 22.7 Å². The molecule has 0 bridgehead atoms. The van der Waals surface area contributed by atoms with Crippen LogP contribution in [0.4, 0.5) is 0 Å². The second-order valence-corrected chi connectivity index (χ2v) is 7.87. The third-order valence-electron chi connectivity index (χ3n) is 5.02. The zero-order valence-corrected chi connectivity index (χ0v) is 19.6. The monoisotopic (exact) mass is 486 g/mol. The predicted molar refractivity (Wildman–Crippen MR) is 134 cm³/mol. The number of aromatic hydroxyl groups is 3. The lowest BCUT2D eigenvalue weighted by atomic mass is 10.1. The number of phenols is 3. The van der Waals surface area contributed by atoms with E-state index in [-0.39, 0.29) is 36.0 Å². The van der Waals surface area contributed by atoms with E-state index in [4.69, 9.17) is 19.7 Å². The van der Waals surface area contributed by atoms with Crippen LogP contribution >= 0.6 is 0 Å².